The Labute approximate surface area is 179 Å². The minimum atomic E-state index is -0.855. The van der Waals surface area contributed by atoms with Gasteiger partial charge in [0.2, 0.25) is 11.8 Å². The van der Waals surface area contributed by atoms with Gasteiger partial charge in [-0.05, 0) is 49.2 Å². The van der Waals surface area contributed by atoms with Crippen LogP contribution in [0.25, 0.3) is 0 Å². The van der Waals surface area contributed by atoms with Crippen LogP contribution in [0, 0.1) is 0 Å². The van der Waals surface area contributed by atoms with Crippen molar-refractivity contribution in [2.75, 3.05) is 37.0 Å². The van der Waals surface area contributed by atoms with Gasteiger partial charge in [-0.2, -0.15) is 0 Å². The summed E-state index contributed by atoms with van der Waals surface area (Å²) in [6.45, 7) is 1.21. The third-order valence-corrected chi connectivity index (χ3v) is 6.45. The van der Waals surface area contributed by atoms with E-state index in [4.69, 9.17) is 4.74 Å². The molecule has 0 unspecified atom stereocenters. The number of methoxy groups -OCH3 is 1. The predicted molar refractivity (Wildman–Crippen MR) is 116 cm³/mol. The lowest BCUT2D eigenvalue weighted by atomic mass is 10.2. The number of likely N-dealkylation sites (tertiary alicyclic amines) is 1. The number of fused-ring (bicyclic) bond motifs is 1. The summed E-state index contributed by atoms with van der Waals surface area (Å²) in [6, 6.07) is 14.3. The van der Waals surface area contributed by atoms with E-state index in [0.717, 1.165) is 17.7 Å². The third-order valence-electron chi connectivity index (χ3n) is 5.21. The number of nitrogens with one attached hydrogen (secondary N) is 1. The molecule has 1 atom stereocenters. The molecule has 7 nitrogen and oxygen atoms in total. The van der Waals surface area contributed by atoms with Crippen LogP contribution in [-0.2, 0) is 14.4 Å². The van der Waals surface area contributed by atoms with Gasteiger partial charge in [-0.3, -0.25) is 14.4 Å². The first kappa shape index (κ1) is 20.3. The second-order valence-electron chi connectivity index (χ2n) is 7.20. The van der Waals surface area contributed by atoms with Crippen LogP contribution in [0.4, 0.5) is 11.4 Å². The number of anilines is 2. The molecule has 2 aromatic rings. The zero-order valence-electron chi connectivity index (χ0n) is 16.7. The zero-order valence-corrected chi connectivity index (χ0v) is 17.5. The van der Waals surface area contributed by atoms with Gasteiger partial charge in [-0.15, -0.1) is 11.8 Å². The maximum Gasteiger partial charge on any atom is 0.250 e. The number of benzene rings is 2. The molecule has 2 aliphatic rings. The van der Waals surface area contributed by atoms with Crippen LogP contribution in [0.2, 0.25) is 0 Å². The van der Waals surface area contributed by atoms with Crippen LogP contribution in [0.5, 0.6) is 5.75 Å². The summed E-state index contributed by atoms with van der Waals surface area (Å²) < 4.78 is 5.12. The molecule has 8 heteroatoms. The van der Waals surface area contributed by atoms with E-state index in [0.29, 0.717) is 30.2 Å². The molecule has 0 radical (unpaired) electrons. The summed E-state index contributed by atoms with van der Waals surface area (Å²) in [7, 11) is 1.57. The van der Waals surface area contributed by atoms with Crippen LogP contribution in [-0.4, -0.2) is 54.6 Å². The van der Waals surface area contributed by atoms with E-state index in [-0.39, 0.29) is 24.3 Å². The first-order valence-electron chi connectivity index (χ1n) is 9.86. The van der Waals surface area contributed by atoms with E-state index < -0.39 is 5.25 Å². The highest BCUT2D eigenvalue weighted by Gasteiger charge is 2.41. The molecule has 156 valence electrons. The van der Waals surface area contributed by atoms with E-state index in [1.807, 2.05) is 18.2 Å². The molecular formula is C22H23N3O4S. The second kappa shape index (κ2) is 8.79. The Bertz CT molecular complexity index is 957. The molecule has 4 rings (SSSR count). The van der Waals surface area contributed by atoms with Crippen LogP contribution in [0.15, 0.2) is 53.4 Å². The first-order chi connectivity index (χ1) is 14.6. The second-order valence-corrected chi connectivity index (χ2v) is 8.35. The Morgan fingerprint density at radius 2 is 1.80 bits per heavy atom. The van der Waals surface area contributed by atoms with Gasteiger partial charge in [-0.1, -0.05) is 12.1 Å². The van der Waals surface area contributed by atoms with E-state index in [1.165, 1.54) is 16.7 Å². The van der Waals surface area contributed by atoms with Crippen LogP contribution < -0.4 is 15.0 Å². The molecule has 1 N–H and O–H groups in total. The summed E-state index contributed by atoms with van der Waals surface area (Å²) in [5.41, 5.74) is 1.26. The molecule has 1 saturated heterocycles. The van der Waals surface area contributed by atoms with Gasteiger partial charge in [0.05, 0.1) is 12.8 Å². The highest BCUT2D eigenvalue weighted by molar-refractivity contribution is 8.01. The minimum Gasteiger partial charge on any atom is -0.497 e. The molecule has 0 spiro atoms. The van der Waals surface area contributed by atoms with Gasteiger partial charge < -0.3 is 19.9 Å². The fraction of sp³-hybridized carbons (Fsp3) is 0.318. The lowest BCUT2D eigenvalue weighted by Crippen LogP contribution is -2.51. The summed E-state index contributed by atoms with van der Waals surface area (Å²) in [6.07, 6.45) is 1.92. The SMILES string of the molecule is COc1ccc(NC(=O)CN2C(=O)[C@H](C(=O)N3CCCC3)Sc3ccccc32)cc1. The van der Waals surface area contributed by atoms with Crippen molar-refractivity contribution in [1.82, 2.24) is 4.90 Å². The van der Waals surface area contributed by atoms with Gasteiger partial charge in [0, 0.05) is 23.7 Å². The zero-order chi connectivity index (χ0) is 21.1. The highest BCUT2D eigenvalue weighted by atomic mass is 32.2. The molecule has 30 heavy (non-hydrogen) atoms. The average Bonchev–Trinajstić information content (AvgIpc) is 3.30. The molecule has 0 aromatic heterocycles. The van der Waals surface area contributed by atoms with Crippen LogP contribution in [0.3, 0.4) is 0 Å². The molecule has 1 fully saturated rings. The van der Waals surface area contributed by atoms with Crippen molar-refractivity contribution < 1.29 is 19.1 Å². The van der Waals surface area contributed by atoms with Gasteiger partial charge in [0.15, 0.2) is 5.25 Å². The third kappa shape index (κ3) is 4.14. The van der Waals surface area contributed by atoms with Crippen molar-refractivity contribution in [3.63, 3.8) is 0 Å². The largest absolute Gasteiger partial charge is 0.497 e. The van der Waals surface area contributed by atoms with Gasteiger partial charge >= 0.3 is 0 Å². The Morgan fingerprint density at radius 3 is 2.50 bits per heavy atom. The smallest absolute Gasteiger partial charge is 0.250 e. The number of carbonyl (C=O) groups is 3. The van der Waals surface area contributed by atoms with Crippen molar-refractivity contribution in [2.45, 2.75) is 23.0 Å². The number of carbonyl (C=O) groups excluding carboxylic acids is 3. The first-order valence-corrected chi connectivity index (χ1v) is 10.7. The summed E-state index contributed by atoms with van der Waals surface area (Å²) in [4.78, 5) is 42.8. The Balaban J connectivity index is 1.53. The van der Waals surface area contributed by atoms with E-state index in [1.54, 1.807) is 42.3 Å². The number of amides is 3. The van der Waals surface area contributed by atoms with E-state index in [2.05, 4.69) is 5.32 Å². The maximum absolute atomic E-state index is 13.2. The van der Waals surface area contributed by atoms with Crippen molar-refractivity contribution in [1.29, 1.82) is 0 Å². The summed E-state index contributed by atoms with van der Waals surface area (Å²) in [5.74, 6) is -0.158. The van der Waals surface area contributed by atoms with Crippen molar-refractivity contribution in [2.24, 2.45) is 0 Å². The predicted octanol–water partition coefficient (Wildman–Crippen LogP) is 2.76. The van der Waals surface area contributed by atoms with Crippen LogP contribution >= 0.6 is 11.8 Å². The van der Waals surface area contributed by atoms with Gasteiger partial charge in [0.25, 0.3) is 5.91 Å². The lowest BCUT2D eigenvalue weighted by Gasteiger charge is -2.34. The molecule has 3 amide bonds. The number of para-hydroxylation sites is 1. The van der Waals surface area contributed by atoms with Crippen LogP contribution in [0.1, 0.15) is 12.8 Å². The standard InChI is InChI=1S/C22H23N3O4S/c1-29-16-10-8-15(9-11-16)23-19(26)14-25-17-6-2-3-7-18(17)30-20(22(25)28)21(27)24-12-4-5-13-24/h2-3,6-11,20H,4-5,12-14H2,1H3,(H,23,26)/t20-/m0/s1. The van der Waals surface area contributed by atoms with Crippen molar-refractivity contribution in [3.05, 3.63) is 48.5 Å². The summed E-state index contributed by atoms with van der Waals surface area (Å²) in [5, 5.41) is 1.95. The van der Waals surface area contributed by atoms with Crippen molar-refractivity contribution in [3.8, 4) is 5.75 Å². The van der Waals surface area contributed by atoms with Crippen molar-refractivity contribution >= 4 is 40.9 Å². The lowest BCUT2D eigenvalue weighted by molar-refractivity contribution is -0.134. The fourth-order valence-electron chi connectivity index (χ4n) is 3.66. The Morgan fingerprint density at radius 1 is 1.10 bits per heavy atom. The number of thioether (sulfide) groups is 1. The minimum absolute atomic E-state index is 0.161. The number of nitrogens with zero attached hydrogens (tertiary/aromatic N) is 2. The molecule has 2 aromatic carbocycles. The number of hydrogen-bond acceptors (Lipinski definition) is 5. The monoisotopic (exact) mass is 425 g/mol. The molecule has 2 aliphatic heterocycles. The fourth-order valence-corrected chi connectivity index (χ4v) is 4.85. The van der Waals surface area contributed by atoms with Gasteiger partial charge in [0.1, 0.15) is 12.3 Å². The topological polar surface area (TPSA) is 79.0 Å². The molecular weight excluding hydrogens is 402 g/mol. The Kier molecular flexibility index (Phi) is 5.94. The van der Waals surface area contributed by atoms with E-state index in [9.17, 15) is 14.4 Å². The molecule has 2 heterocycles. The van der Waals surface area contributed by atoms with Gasteiger partial charge in [-0.25, -0.2) is 0 Å². The number of rotatable bonds is 5. The maximum atomic E-state index is 13.2. The normalized spacial score (nSPS) is 18.2. The molecule has 0 bridgehead atoms. The number of hydrogen-bond donors (Lipinski definition) is 1. The number of ether oxygens (including phenoxy) is 1. The quantitative estimate of drug-likeness (QED) is 0.746. The summed E-state index contributed by atoms with van der Waals surface area (Å²) >= 11 is 1.27. The van der Waals surface area contributed by atoms with E-state index >= 15 is 0 Å². The highest BCUT2D eigenvalue weighted by Crippen LogP contribution is 2.40. The molecule has 0 aliphatic carbocycles. The average molecular weight is 426 g/mol. The molecule has 0 saturated carbocycles. The Hall–Kier alpha value is -3.00.